The summed E-state index contributed by atoms with van der Waals surface area (Å²) in [6, 6.07) is 11.6. The molecule has 2 aromatic carbocycles. The summed E-state index contributed by atoms with van der Waals surface area (Å²) in [5.41, 5.74) is 3.56. The van der Waals surface area contributed by atoms with Gasteiger partial charge in [-0.3, -0.25) is 0 Å². The fourth-order valence-electron chi connectivity index (χ4n) is 3.11. The Morgan fingerprint density at radius 2 is 1.83 bits per heavy atom. The van der Waals surface area contributed by atoms with Crippen molar-refractivity contribution in [1.29, 1.82) is 0 Å². The molecule has 2 aromatic rings. The third-order valence-electron chi connectivity index (χ3n) is 4.31. The summed E-state index contributed by atoms with van der Waals surface area (Å²) in [6.45, 7) is 5.73. The molecule has 2 heteroatoms. The zero-order valence-corrected chi connectivity index (χ0v) is 13.7. The monoisotopic (exact) mass is 316 g/mol. The quantitative estimate of drug-likeness (QED) is 0.887. The van der Waals surface area contributed by atoms with E-state index in [0.29, 0.717) is 17.6 Å². The maximum absolute atomic E-state index is 10.6. The van der Waals surface area contributed by atoms with Gasteiger partial charge in [0.15, 0.2) is 0 Å². The van der Waals surface area contributed by atoms with Crippen LogP contribution in [-0.4, -0.2) is 10.2 Å². The van der Waals surface area contributed by atoms with Crippen molar-refractivity contribution in [3.63, 3.8) is 0 Å². The van der Waals surface area contributed by atoms with Gasteiger partial charge in [0.1, 0.15) is 11.5 Å². The molecule has 3 rings (SSSR count). The zero-order chi connectivity index (χ0) is 17.1. The van der Waals surface area contributed by atoms with Crippen LogP contribution < -0.4 is 10.4 Å². The van der Waals surface area contributed by atoms with E-state index in [9.17, 15) is 10.2 Å². The number of aliphatic hydroxyl groups is 1. The molecule has 1 aliphatic rings. The van der Waals surface area contributed by atoms with E-state index in [1.807, 2.05) is 55.5 Å². The highest BCUT2D eigenvalue weighted by Crippen LogP contribution is 2.30. The highest BCUT2D eigenvalue weighted by atomic mass is 16.3. The van der Waals surface area contributed by atoms with Gasteiger partial charge < -0.3 is 10.2 Å². The first-order valence-electron chi connectivity index (χ1n) is 7.95. The molecule has 0 fully saturated rings. The lowest BCUT2D eigenvalue weighted by Gasteiger charge is -2.13. The van der Waals surface area contributed by atoms with Crippen molar-refractivity contribution in [2.45, 2.75) is 13.3 Å². The summed E-state index contributed by atoms with van der Waals surface area (Å²) in [7, 11) is 0. The maximum atomic E-state index is 10.6. The molecule has 0 atom stereocenters. The molecular weight excluding hydrogens is 296 g/mol. The summed E-state index contributed by atoms with van der Waals surface area (Å²) >= 11 is 0. The van der Waals surface area contributed by atoms with E-state index in [-0.39, 0.29) is 11.5 Å². The minimum Gasteiger partial charge on any atom is -0.508 e. The second-order valence-electron chi connectivity index (χ2n) is 5.73. The SMILES string of the molecule is C=C/C=c1/c(C2=C(O)C=Cc3ccccc3C2)c(O)cc/c1=C/C. The third kappa shape index (κ3) is 2.79. The molecule has 0 saturated heterocycles. The van der Waals surface area contributed by atoms with Gasteiger partial charge >= 0.3 is 0 Å². The van der Waals surface area contributed by atoms with Crippen molar-refractivity contribution in [2.24, 2.45) is 0 Å². The summed E-state index contributed by atoms with van der Waals surface area (Å²) in [4.78, 5) is 0. The Hall–Kier alpha value is -3.00. The van der Waals surface area contributed by atoms with E-state index in [4.69, 9.17) is 0 Å². The van der Waals surface area contributed by atoms with Crippen molar-refractivity contribution in [2.75, 3.05) is 0 Å². The predicted molar refractivity (Wildman–Crippen MR) is 101 cm³/mol. The Labute approximate surface area is 141 Å². The maximum Gasteiger partial charge on any atom is 0.123 e. The standard InChI is InChI=1S/C22H20O2/c1-3-7-18-15(4-2)10-13-21(24)22(18)19-14-17-9-6-5-8-16(17)11-12-20(19)23/h3-13,23-24H,1,14H2,2H3/b15-4-,18-7+. The molecule has 2 nitrogen and oxygen atoms in total. The van der Waals surface area contributed by atoms with Crippen LogP contribution in [0.1, 0.15) is 23.6 Å². The van der Waals surface area contributed by atoms with E-state index < -0.39 is 0 Å². The predicted octanol–water partition coefficient (Wildman–Crippen LogP) is 3.70. The molecule has 0 amide bonds. The second kappa shape index (κ2) is 6.63. The highest BCUT2D eigenvalue weighted by Gasteiger charge is 2.17. The van der Waals surface area contributed by atoms with Gasteiger partial charge in [-0.25, -0.2) is 0 Å². The molecule has 0 radical (unpaired) electrons. The van der Waals surface area contributed by atoms with Crippen molar-refractivity contribution in [3.8, 4) is 5.75 Å². The van der Waals surface area contributed by atoms with E-state index in [0.717, 1.165) is 21.6 Å². The molecule has 120 valence electrons. The number of benzene rings is 2. The smallest absolute Gasteiger partial charge is 0.123 e. The fraction of sp³-hybridized carbons (Fsp3) is 0.0909. The topological polar surface area (TPSA) is 40.5 Å². The fourth-order valence-corrected chi connectivity index (χ4v) is 3.11. The number of phenols is 1. The van der Waals surface area contributed by atoms with E-state index in [1.54, 1.807) is 18.2 Å². The van der Waals surface area contributed by atoms with Crippen molar-refractivity contribution in [3.05, 3.63) is 88.0 Å². The van der Waals surface area contributed by atoms with Gasteiger partial charge in [0, 0.05) is 17.6 Å². The largest absolute Gasteiger partial charge is 0.508 e. The molecule has 2 N–H and O–H groups in total. The van der Waals surface area contributed by atoms with Crippen LogP contribution in [0.15, 0.2) is 60.9 Å². The zero-order valence-electron chi connectivity index (χ0n) is 13.7. The minimum atomic E-state index is 0.156. The van der Waals surface area contributed by atoms with Crippen LogP contribution in [0.2, 0.25) is 0 Å². The molecule has 0 spiro atoms. The Morgan fingerprint density at radius 3 is 2.58 bits per heavy atom. The normalized spacial score (nSPS) is 15.4. The lowest BCUT2D eigenvalue weighted by molar-refractivity contribution is 0.433. The number of phenolic OH excluding ortho intramolecular Hbond substituents is 1. The van der Waals surface area contributed by atoms with Gasteiger partial charge in [0.25, 0.3) is 0 Å². The molecule has 0 aliphatic heterocycles. The number of hydrogen-bond acceptors (Lipinski definition) is 2. The first-order chi connectivity index (χ1) is 11.7. The lowest BCUT2D eigenvalue weighted by Crippen LogP contribution is -2.28. The average molecular weight is 316 g/mol. The van der Waals surface area contributed by atoms with E-state index in [2.05, 4.69) is 6.58 Å². The minimum absolute atomic E-state index is 0.156. The van der Waals surface area contributed by atoms with Crippen LogP contribution in [0.3, 0.4) is 0 Å². The van der Waals surface area contributed by atoms with E-state index in [1.165, 1.54) is 0 Å². The molecule has 0 aromatic heterocycles. The molecule has 0 heterocycles. The second-order valence-corrected chi connectivity index (χ2v) is 5.73. The molecule has 0 bridgehead atoms. The van der Waals surface area contributed by atoms with Crippen molar-refractivity contribution < 1.29 is 10.2 Å². The summed E-state index contributed by atoms with van der Waals surface area (Å²) in [6.07, 6.45) is 9.70. The Bertz CT molecular complexity index is 976. The highest BCUT2D eigenvalue weighted by molar-refractivity contribution is 5.80. The van der Waals surface area contributed by atoms with Gasteiger partial charge in [-0.15, -0.1) is 0 Å². The van der Waals surface area contributed by atoms with Crippen LogP contribution in [0.5, 0.6) is 5.75 Å². The summed E-state index contributed by atoms with van der Waals surface area (Å²) in [5, 5.41) is 23.0. The number of hydrogen-bond donors (Lipinski definition) is 2. The molecular formula is C22H20O2. The summed E-state index contributed by atoms with van der Waals surface area (Å²) < 4.78 is 0. The number of rotatable bonds is 2. The summed E-state index contributed by atoms with van der Waals surface area (Å²) in [5.74, 6) is 0.330. The third-order valence-corrected chi connectivity index (χ3v) is 4.31. The number of fused-ring (bicyclic) bond motifs is 1. The van der Waals surface area contributed by atoms with Gasteiger partial charge in [-0.05, 0) is 40.6 Å². The average Bonchev–Trinajstić information content (AvgIpc) is 2.75. The van der Waals surface area contributed by atoms with Crippen LogP contribution in [-0.2, 0) is 6.42 Å². The first-order valence-corrected chi connectivity index (χ1v) is 7.95. The lowest BCUT2D eigenvalue weighted by atomic mass is 9.93. The Morgan fingerprint density at radius 1 is 1.04 bits per heavy atom. The van der Waals surface area contributed by atoms with Gasteiger partial charge in [0.2, 0.25) is 0 Å². The molecule has 0 saturated carbocycles. The van der Waals surface area contributed by atoms with Crippen LogP contribution in [0, 0.1) is 0 Å². The first kappa shape index (κ1) is 15.9. The number of aliphatic hydroxyl groups excluding tert-OH is 1. The van der Waals surface area contributed by atoms with Crippen LogP contribution >= 0.6 is 0 Å². The van der Waals surface area contributed by atoms with E-state index >= 15 is 0 Å². The van der Waals surface area contributed by atoms with Gasteiger partial charge in [0.05, 0.1) is 0 Å². The number of allylic oxidation sites excluding steroid dienone is 3. The Kier molecular flexibility index (Phi) is 4.39. The molecule has 0 unspecified atom stereocenters. The molecule has 1 aliphatic carbocycles. The molecule has 24 heavy (non-hydrogen) atoms. The van der Waals surface area contributed by atoms with Gasteiger partial charge in [-0.2, -0.15) is 0 Å². The Balaban J connectivity index is 2.32. The van der Waals surface area contributed by atoms with Crippen LogP contribution in [0.25, 0.3) is 23.8 Å². The van der Waals surface area contributed by atoms with Gasteiger partial charge in [-0.1, -0.05) is 61.2 Å². The van der Waals surface area contributed by atoms with Crippen molar-refractivity contribution >= 4 is 23.8 Å². The van der Waals surface area contributed by atoms with Crippen molar-refractivity contribution in [1.82, 2.24) is 0 Å². The van der Waals surface area contributed by atoms with Crippen LogP contribution in [0.4, 0.5) is 0 Å². The number of aromatic hydroxyl groups is 1.